The Morgan fingerprint density at radius 2 is 1.67 bits per heavy atom. The van der Waals surface area contributed by atoms with Crippen LogP contribution in [0, 0.1) is 6.07 Å². The molecule has 15 heavy (non-hydrogen) atoms. The van der Waals surface area contributed by atoms with Crippen LogP contribution in [0.2, 0.25) is 0 Å². The fourth-order valence-electron chi connectivity index (χ4n) is 1.59. The Bertz CT molecular complexity index is 440. The zero-order valence-electron chi connectivity index (χ0n) is 8.01. The molecule has 0 fully saturated rings. The number of fused-ring (bicyclic) bond motifs is 1. The summed E-state index contributed by atoms with van der Waals surface area (Å²) >= 11 is 0. The van der Waals surface area contributed by atoms with Crippen LogP contribution >= 0.6 is 0 Å². The van der Waals surface area contributed by atoms with Gasteiger partial charge in [0, 0.05) is 5.56 Å². The lowest BCUT2D eigenvalue weighted by Gasteiger charge is -2.09. The molecule has 73 valence electrons. The minimum Gasteiger partial charge on any atom is -0.447 e. The SMILES string of the molecule is [c]1cccc(C2Oc3ccccc3O2)c1. The first-order valence-electron chi connectivity index (χ1n) is 4.82. The van der Waals surface area contributed by atoms with Crippen LogP contribution in [-0.4, -0.2) is 0 Å². The number of para-hydroxylation sites is 2. The Labute approximate surface area is 88.1 Å². The van der Waals surface area contributed by atoms with Crippen molar-refractivity contribution in [2.75, 3.05) is 0 Å². The first-order valence-corrected chi connectivity index (χ1v) is 4.82. The van der Waals surface area contributed by atoms with Gasteiger partial charge in [0.2, 0.25) is 0 Å². The fourth-order valence-corrected chi connectivity index (χ4v) is 1.59. The van der Waals surface area contributed by atoms with E-state index in [4.69, 9.17) is 9.47 Å². The van der Waals surface area contributed by atoms with Gasteiger partial charge in [0.05, 0.1) is 0 Å². The molecular formula is C13H9O2. The Balaban J connectivity index is 1.91. The highest BCUT2D eigenvalue weighted by Gasteiger charge is 2.24. The zero-order chi connectivity index (χ0) is 10.1. The van der Waals surface area contributed by atoms with E-state index in [0.717, 1.165) is 17.1 Å². The highest BCUT2D eigenvalue weighted by atomic mass is 16.7. The van der Waals surface area contributed by atoms with Gasteiger partial charge >= 0.3 is 0 Å². The van der Waals surface area contributed by atoms with Crippen LogP contribution in [0.3, 0.4) is 0 Å². The standard InChI is InChI=1S/C13H9O2/c1-2-6-10(7-3-1)13-14-11-8-4-5-9-12(11)15-13/h1-2,4-9,13H. The van der Waals surface area contributed by atoms with E-state index >= 15 is 0 Å². The molecular weight excluding hydrogens is 188 g/mol. The fraction of sp³-hybridized carbons (Fsp3) is 0.0769. The van der Waals surface area contributed by atoms with E-state index in [2.05, 4.69) is 6.07 Å². The Morgan fingerprint density at radius 1 is 0.933 bits per heavy atom. The zero-order valence-corrected chi connectivity index (χ0v) is 8.01. The predicted octanol–water partition coefficient (Wildman–Crippen LogP) is 2.96. The van der Waals surface area contributed by atoms with Crippen LogP contribution in [-0.2, 0) is 0 Å². The normalized spacial score (nSPS) is 14.1. The van der Waals surface area contributed by atoms with Gasteiger partial charge in [-0.3, -0.25) is 0 Å². The van der Waals surface area contributed by atoms with Gasteiger partial charge in [0.15, 0.2) is 11.5 Å². The van der Waals surface area contributed by atoms with Crippen molar-refractivity contribution >= 4 is 0 Å². The summed E-state index contributed by atoms with van der Waals surface area (Å²) in [6, 6.07) is 18.3. The number of benzene rings is 2. The maximum atomic E-state index is 5.65. The van der Waals surface area contributed by atoms with Crippen LogP contribution in [0.5, 0.6) is 11.5 Å². The second-order valence-electron chi connectivity index (χ2n) is 3.35. The average Bonchev–Trinajstić information content (AvgIpc) is 2.74. The number of hydrogen-bond donors (Lipinski definition) is 0. The van der Waals surface area contributed by atoms with Crippen molar-refractivity contribution in [1.82, 2.24) is 0 Å². The third-order valence-electron chi connectivity index (χ3n) is 2.32. The van der Waals surface area contributed by atoms with Crippen molar-refractivity contribution in [3.63, 3.8) is 0 Å². The molecule has 0 aliphatic carbocycles. The molecule has 3 rings (SSSR count). The van der Waals surface area contributed by atoms with E-state index in [0.29, 0.717) is 0 Å². The van der Waals surface area contributed by atoms with Gasteiger partial charge < -0.3 is 9.47 Å². The molecule has 2 heteroatoms. The summed E-state index contributed by atoms with van der Waals surface area (Å²) < 4.78 is 11.3. The first-order chi connectivity index (χ1) is 7.43. The molecule has 1 aliphatic rings. The summed E-state index contributed by atoms with van der Waals surface area (Å²) in [6.07, 6.45) is -0.333. The molecule has 1 radical (unpaired) electrons. The van der Waals surface area contributed by atoms with Gasteiger partial charge in [-0.2, -0.15) is 0 Å². The van der Waals surface area contributed by atoms with Gasteiger partial charge in [-0.1, -0.05) is 30.3 Å². The number of rotatable bonds is 1. The molecule has 0 spiro atoms. The van der Waals surface area contributed by atoms with Crippen molar-refractivity contribution < 1.29 is 9.47 Å². The van der Waals surface area contributed by atoms with E-state index < -0.39 is 0 Å². The van der Waals surface area contributed by atoms with Crippen LogP contribution in [0.1, 0.15) is 11.9 Å². The Kier molecular flexibility index (Phi) is 1.85. The summed E-state index contributed by atoms with van der Waals surface area (Å²) in [5.74, 6) is 1.60. The maximum Gasteiger partial charge on any atom is 0.267 e. The van der Waals surface area contributed by atoms with Crippen LogP contribution in [0.25, 0.3) is 0 Å². The van der Waals surface area contributed by atoms with Crippen LogP contribution in [0.4, 0.5) is 0 Å². The molecule has 2 nitrogen and oxygen atoms in total. The highest BCUT2D eigenvalue weighted by molar-refractivity contribution is 5.42. The van der Waals surface area contributed by atoms with Gasteiger partial charge in [-0.05, 0) is 24.3 Å². The van der Waals surface area contributed by atoms with E-state index in [1.807, 2.05) is 48.5 Å². The quantitative estimate of drug-likeness (QED) is 0.699. The second kappa shape index (κ2) is 3.31. The molecule has 0 N–H and O–H groups in total. The van der Waals surface area contributed by atoms with E-state index in [1.165, 1.54) is 0 Å². The third kappa shape index (κ3) is 1.44. The maximum absolute atomic E-state index is 5.65. The lowest BCUT2D eigenvalue weighted by Crippen LogP contribution is -2.07. The van der Waals surface area contributed by atoms with Gasteiger partial charge in [-0.25, -0.2) is 0 Å². The molecule has 0 saturated carbocycles. The molecule has 0 aromatic heterocycles. The van der Waals surface area contributed by atoms with Crippen molar-refractivity contribution in [2.45, 2.75) is 6.29 Å². The molecule has 1 heterocycles. The second-order valence-corrected chi connectivity index (χ2v) is 3.35. The topological polar surface area (TPSA) is 18.5 Å². The molecule has 0 bridgehead atoms. The molecule has 0 amide bonds. The van der Waals surface area contributed by atoms with E-state index in [-0.39, 0.29) is 6.29 Å². The Morgan fingerprint density at radius 3 is 2.27 bits per heavy atom. The summed E-state index contributed by atoms with van der Waals surface area (Å²) in [5.41, 5.74) is 0.980. The van der Waals surface area contributed by atoms with Crippen LogP contribution < -0.4 is 9.47 Å². The van der Waals surface area contributed by atoms with Gasteiger partial charge in [0.25, 0.3) is 6.29 Å². The molecule has 0 unspecified atom stereocenters. The minimum absolute atomic E-state index is 0.333. The van der Waals surface area contributed by atoms with Crippen molar-refractivity contribution in [3.8, 4) is 11.5 Å². The molecule has 0 saturated heterocycles. The van der Waals surface area contributed by atoms with Gasteiger partial charge in [0.1, 0.15) is 0 Å². The molecule has 1 aliphatic heterocycles. The lowest BCUT2D eigenvalue weighted by molar-refractivity contribution is 0.0487. The molecule has 0 atom stereocenters. The van der Waals surface area contributed by atoms with E-state index in [1.54, 1.807) is 0 Å². The smallest absolute Gasteiger partial charge is 0.267 e. The van der Waals surface area contributed by atoms with Crippen molar-refractivity contribution in [1.29, 1.82) is 0 Å². The largest absolute Gasteiger partial charge is 0.447 e. The molecule has 2 aromatic rings. The number of ether oxygens (including phenoxy) is 2. The van der Waals surface area contributed by atoms with E-state index in [9.17, 15) is 0 Å². The first kappa shape index (κ1) is 8.36. The summed E-state index contributed by atoms with van der Waals surface area (Å²) in [4.78, 5) is 0. The molecule has 2 aromatic carbocycles. The predicted molar refractivity (Wildman–Crippen MR) is 55.7 cm³/mol. The third-order valence-corrected chi connectivity index (χ3v) is 2.32. The average molecular weight is 197 g/mol. The summed E-state index contributed by atoms with van der Waals surface area (Å²) in [7, 11) is 0. The van der Waals surface area contributed by atoms with Crippen molar-refractivity contribution in [2.24, 2.45) is 0 Å². The summed E-state index contributed by atoms with van der Waals surface area (Å²) in [6.45, 7) is 0. The Hall–Kier alpha value is -1.96. The summed E-state index contributed by atoms with van der Waals surface area (Å²) in [5, 5.41) is 0. The van der Waals surface area contributed by atoms with Crippen molar-refractivity contribution in [3.05, 3.63) is 60.2 Å². The van der Waals surface area contributed by atoms with Gasteiger partial charge in [-0.15, -0.1) is 0 Å². The highest BCUT2D eigenvalue weighted by Crippen LogP contribution is 2.39. The lowest BCUT2D eigenvalue weighted by atomic mass is 10.2. The number of hydrogen-bond acceptors (Lipinski definition) is 2. The minimum atomic E-state index is -0.333. The monoisotopic (exact) mass is 197 g/mol. The van der Waals surface area contributed by atoms with Crippen LogP contribution in [0.15, 0.2) is 48.5 Å².